The van der Waals surface area contributed by atoms with Crippen LogP contribution in [-0.2, 0) is 11.4 Å². The number of hydrogen-bond acceptors (Lipinski definition) is 6. The normalized spacial score (nSPS) is 10.6. The summed E-state index contributed by atoms with van der Waals surface area (Å²) in [6, 6.07) is 19.4. The smallest absolute Gasteiger partial charge is 0.292 e. The van der Waals surface area contributed by atoms with E-state index in [1.54, 1.807) is 30.5 Å². The molecule has 3 aromatic rings. The second-order valence-electron chi connectivity index (χ2n) is 6.50. The molecule has 1 heterocycles. The first-order valence-corrected chi connectivity index (χ1v) is 9.68. The van der Waals surface area contributed by atoms with E-state index in [-0.39, 0.29) is 11.6 Å². The minimum atomic E-state index is -0.446. The largest absolute Gasteiger partial charge is 0.487 e. The SMILES string of the molecule is O=C(/C=C/c1ccc(OCc2ccccn2)cc1)NCCNc1ccccc1[N+](=O)[O-]. The molecule has 0 radical (unpaired) electrons. The van der Waals surface area contributed by atoms with Crippen LogP contribution in [0.4, 0.5) is 11.4 Å². The van der Waals surface area contributed by atoms with E-state index < -0.39 is 4.92 Å². The fraction of sp³-hybridized carbons (Fsp3) is 0.130. The highest BCUT2D eigenvalue weighted by atomic mass is 16.6. The fourth-order valence-corrected chi connectivity index (χ4v) is 2.71. The van der Waals surface area contributed by atoms with Crippen LogP contribution in [0.1, 0.15) is 11.3 Å². The van der Waals surface area contributed by atoms with Crippen LogP contribution in [0.2, 0.25) is 0 Å². The van der Waals surface area contributed by atoms with Crippen LogP contribution in [0.15, 0.2) is 79.0 Å². The summed E-state index contributed by atoms with van der Waals surface area (Å²) in [5, 5.41) is 16.7. The number of carbonyl (C=O) groups excluding carboxylic acids is 1. The Morgan fingerprint density at radius 3 is 2.55 bits per heavy atom. The van der Waals surface area contributed by atoms with Crippen LogP contribution in [-0.4, -0.2) is 28.9 Å². The number of nitrogens with one attached hydrogen (secondary N) is 2. The van der Waals surface area contributed by atoms with Crippen LogP contribution in [0, 0.1) is 10.1 Å². The van der Waals surface area contributed by atoms with Gasteiger partial charge in [0.2, 0.25) is 5.91 Å². The molecule has 0 aliphatic carbocycles. The van der Waals surface area contributed by atoms with Gasteiger partial charge in [-0.15, -0.1) is 0 Å². The number of ether oxygens (including phenoxy) is 1. The number of carbonyl (C=O) groups is 1. The third-order valence-corrected chi connectivity index (χ3v) is 4.26. The van der Waals surface area contributed by atoms with Crippen molar-refractivity contribution in [3.8, 4) is 5.75 Å². The molecule has 0 saturated carbocycles. The number of anilines is 1. The zero-order valence-electron chi connectivity index (χ0n) is 16.7. The van der Waals surface area contributed by atoms with E-state index in [9.17, 15) is 14.9 Å². The number of para-hydroxylation sites is 2. The number of rotatable bonds is 10. The van der Waals surface area contributed by atoms with Crippen molar-refractivity contribution < 1.29 is 14.5 Å². The number of nitro groups is 1. The molecule has 0 bridgehead atoms. The van der Waals surface area contributed by atoms with Gasteiger partial charge in [0.25, 0.3) is 5.69 Å². The molecule has 8 heteroatoms. The minimum Gasteiger partial charge on any atom is -0.487 e. The highest BCUT2D eigenvalue weighted by Crippen LogP contribution is 2.22. The van der Waals surface area contributed by atoms with Gasteiger partial charge in [-0.1, -0.05) is 30.3 Å². The maximum absolute atomic E-state index is 12.0. The van der Waals surface area contributed by atoms with E-state index in [0.29, 0.717) is 31.1 Å². The Bertz CT molecular complexity index is 1040. The Morgan fingerprint density at radius 2 is 1.81 bits per heavy atom. The highest BCUT2D eigenvalue weighted by molar-refractivity contribution is 5.91. The van der Waals surface area contributed by atoms with E-state index >= 15 is 0 Å². The Hall–Kier alpha value is -4.20. The second-order valence-corrected chi connectivity index (χ2v) is 6.50. The molecule has 3 rings (SSSR count). The summed E-state index contributed by atoms with van der Waals surface area (Å²) >= 11 is 0. The van der Waals surface area contributed by atoms with Gasteiger partial charge >= 0.3 is 0 Å². The zero-order valence-corrected chi connectivity index (χ0v) is 16.7. The molecular formula is C23H22N4O4. The Labute approximate surface area is 179 Å². The number of aromatic nitrogens is 1. The molecule has 8 nitrogen and oxygen atoms in total. The van der Waals surface area contributed by atoms with Crippen molar-refractivity contribution in [2.24, 2.45) is 0 Å². The maximum atomic E-state index is 12.0. The van der Waals surface area contributed by atoms with Crippen molar-refractivity contribution in [3.05, 3.63) is 100 Å². The Balaban J connectivity index is 1.40. The molecule has 0 unspecified atom stereocenters. The highest BCUT2D eigenvalue weighted by Gasteiger charge is 2.11. The predicted octanol–water partition coefficient (Wildman–Crippen LogP) is 3.81. The van der Waals surface area contributed by atoms with E-state index in [1.807, 2.05) is 42.5 Å². The molecule has 2 N–H and O–H groups in total. The lowest BCUT2D eigenvalue weighted by atomic mass is 10.2. The average molecular weight is 418 g/mol. The Kier molecular flexibility index (Phi) is 7.70. The summed E-state index contributed by atoms with van der Waals surface area (Å²) in [6.07, 6.45) is 4.86. The van der Waals surface area contributed by atoms with Crippen molar-refractivity contribution >= 4 is 23.4 Å². The number of hydrogen-bond donors (Lipinski definition) is 2. The quantitative estimate of drug-likeness (QED) is 0.224. The number of pyridine rings is 1. The predicted molar refractivity (Wildman–Crippen MR) is 119 cm³/mol. The van der Waals surface area contributed by atoms with Gasteiger partial charge in [0.1, 0.15) is 18.0 Å². The molecule has 0 aliphatic heterocycles. The lowest BCUT2D eigenvalue weighted by Crippen LogP contribution is -2.27. The van der Waals surface area contributed by atoms with Gasteiger partial charge < -0.3 is 15.4 Å². The fourth-order valence-electron chi connectivity index (χ4n) is 2.71. The van der Waals surface area contributed by atoms with Crippen LogP contribution in [0.3, 0.4) is 0 Å². The van der Waals surface area contributed by atoms with Crippen molar-refractivity contribution in [1.29, 1.82) is 0 Å². The molecule has 31 heavy (non-hydrogen) atoms. The number of nitrogens with zero attached hydrogens (tertiary/aromatic N) is 2. The van der Waals surface area contributed by atoms with Gasteiger partial charge in [0.15, 0.2) is 0 Å². The number of nitro benzene ring substituents is 1. The zero-order chi connectivity index (χ0) is 21.9. The van der Waals surface area contributed by atoms with Crippen LogP contribution >= 0.6 is 0 Å². The maximum Gasteiger partial charge on any atom is 0.292 e. The molecule has 158 valence electrons. The first-order valence-electron chi connectivity index (χ1n) is 9.68. The van der Waals surface area contributed by atoms with Crippen LogP contribution in [0.5, 0.6) is 5.75 Å². The van der Waals surface area contributed by atoms with E-state index in [0.717, 1.165) is 11.3 Å². The van der Waals surface area contributed by atoms with Crippen LogP contribution in [0.25, 0.3) is 6.08 Å². The van der Waals surface area contributed by atoms with Gasteiger partial charge in [0, 0.05) is 31.4 Å². The third kappa shape index (κ3) is 6.97. The second kappa shape index (κ2) is 11.1. The molecule has 1 amide bonds. The summed E-state index contributed by atoms with van der Waals surface area (Å²) in [6.45, 7) is 1.08. The lowest BCUT2D eigenvalue weighted by Gasteiger charge is -2.07. The summed E-state index contributed by atoms with van der Waals surface area (Å²) in [7, 11) is 0. The molecule has 0 aliphatic rings. The third-order valence-electron chi connectivity index (χ3n) is 4.26. The van der Waals surface area contributed by atoms with Gasteiger partial charge in [0.05, 0.1) is 10.6 Å². The standard InChI is InChI=1S/C23H22N4O4/c28-23(26-16-15-25-21-6-1-2-7-22(21)27(29)30)13-10-18-8-11-20(12-9-18)31-17-19-5-3-4-14-24-19/h1-14,25H,15-17H2,(H,26,28)/b13-10+. The topological polar surface area (TPSA) is 106 Å². The monoisotopic (exact) mass is 418 g/mol. The first kappa shape index (κ1) is 21.5. The van der Waals surface area contributed by atoms with Crippen molar-refractivity contribution in [1.82, 2.24) is 10.3 Å². The molecule has 0 atom stereocenters. The summed E-state index contributed by atoms with van der Waals surface area (Å²) in [5.74, 6) is 0.466. The molecule has 0 fully saturated rings. The number of benzene rings is 2. The molecule has 0 saturated heterocycles. The molecule has 0 spiro atoms. The number of amides is 1. The minimum absolute atomic E-state index is 0.00109. The van der Waals surface area contributed by atoms with E-state index in [1.165, 1.54) is 12.1 Å². The average Bonchev–Trinajstić information content (AvgIpc) is 2.80. The van der Waals surface area contributed by atoms with Gasteiger partial charge in [-0.05, 0) is 42.0 Å². The van der Waals surface area contributed by atoms with E-state index in [4.69, 9.17) is 4.74 Å². The van der Waals surface area contributed by atoms with Crippen LogP contribution < -0.4 is 15.4 Å². The van der Waals surface area contributed by atoms with Gasteiger partial charge in [-0.2, -0.15) is 0 Å². The Morgan fingerprint density at radius 1 is 1.03 bits per heavy atom. The first-order chi connectivity index (χ1) is 15.1. The molecular weight excluding hydrogens is 396 g/mol. The van der Waals surface area contributed by atoms with Gasteiger partial charge in [-0.3, -0.25) is 19.9 Å². The molecule has 1 aromatic heterocycles. The van der Waals surface area contributed by atoms with Crippen molar-refractivity contribution in [3.63, 3.8) is 0 Å². The van der Waals surface area contributed by atoms with Crippen molar-refractivity contribution in [2.45, 2.75) is 6.61 Å². The van der Waals surface area contributed by atoms with Gasteiger partial charge in [-0.25, -0.2) is 0 Å². The van der Waals surface area contributed by atoms with Crippen molar-refractivity contribution in [2.75, 3.05) is 18.4 Å². The van der Waals surface area contributed by atoms with E-state index in [2.05, 4.69) is 15.6 Å². The summed E-state index contributed by atoms with van der Waals surface area (Å²) in [5.41, 5.74) is 2.13. The summed E-state index contributed by atoms with van der Waals surface area (Å²) < 4.78 is 5.68. The molecule has 2 aromatic carbocycles. The summed E-state index contributed by atoms with van der Waals surface area (Å²) in [4.78, 5) is 26.7. The lowest BCUT2D eigenvalue weighted by molar-refractivity contribution is -0.384.